The second-order valence-electron chi connectivity index (χ2n) is 2.25. The number of rotatable bonds is 1. The van der Waals surface area contributed by atoms with Gasteiger partial charge in [-0.1, -0.05) is 27.8 Å². The minimum atomic E-state index is 0.381. The van der Waals surface area contributed by atoms with E-state index in [0.29, 0.717) is 16.9 Å². The quantitative estimate of drug-likeness (QED) is 0.597. The molecule has 0 fully saturated rings. The van der Waals surface area contributed by atoms with Crippen LogP contribution < -0.4 is 10.5 Å². The van der Waals surface area contributed by atoms with Gasteiger partial charge in [-0.2, -0.15) is 0 Å². The molecule has 1 aromatic heterocycles. The minimum Gasteiger partial charge on any atom is -0.493 e. The molecule has 0 saturated carbocycles. The summed E-state index contributed by atoms with van der Waals surface area (Å²) in [6.07, 6.45) is 1.62. The summed E-state index contributed by atoms with van der Waals surface area (Å²) in [7, 11) is 1.55. The van der Waals surface area contributed by atoms with Gasteiger partial charge in [0.2, 0.25) is 0 Å². The molecule has 0 aromatic carbocycles. The number of anilines is 1. The number of pyridine rings is 1. The highest BCUT2D eigenvalue weighted by Crippen LogP contribution is 2.18. The molecule has 0 saturated heterocycles. The summed E-state index contributed by atoms with van der Waals surface area (Å²) in [4.78, 5) is 3.94. The Morgan fingerprint density at radius 2 is 2.46 bits per heavy atom. The SMILES string of the molecule is COc1cc(C#CCBr)cnc1N. The molecule has 68 valence electrons. The maximum atomic E-state index is 5.54. The summed E-state index contributed by atoms with van der Waals surface area (Å²) in [6.45, 7) is 0. The minimum absolute atomic E-state index is 0.381. The molecule has 4 heteroatoms. The van der Waals surface area contributed by atoms with Crippen LogP contribution in [-0.4, -0.2) is 17.4 Å². The third kappa shape index (κ3) is 2.63. The third-order valence-corrected chi connectivity index (χ3v) is 1.68. The maximum absolute atomic E-state index is 5.54. The van der Waals surface area contributed by atoms with E-state index in [1.165, 1.54) is 0 Å². The number of halogens is 1. The van der Waals surface area contributed by atoms with E-state index in [1.54, 1.807) is 19.4 Å². The van der Waals surface area contributed by atoms with Gasteiger partial charge in [0.05, 0.1) is 12.4 Å². The Morgan fingerprint density at radius 3 is 3.08 bits per heavy atom. The lowest BCUT2D eigenvalue weighted by atomic mass is 10.3. The standard InChI is InChI=1S/C9H9BrN2O/c1-13-8-5-7(3-2-4-10)6-12-9(8)11/h5-6H,4H2,1H3,(H2,11,12). The van der Waals surface area contributed by atoms with Gasteiger partial charge in [-0.15, -0.1) is 0 Å². The number of nitrogens with zero attached hydrogens (tertiary/aromatic N) is 1. The molecular formula is C9H9BrN2O. The van der Waals surface area contributed by atoms with Crippen LogP contribution in [0.4, 0.5) is 5.82 Å². The van der Waals surface area contributed by atoms with Crippen molar-refractivity contribution in [1.29, 1.82) is 0 Å². The lowest BCUT2D eigenvalue weighted by Gasteiger charge is -2.02. The molecular weight excluding hydrogens is 232 g/mol. The number of hydrogen-bond acceptors (Lipinski definition) is 3. The highest BCUT2D eigenvalue weighted by atomic mass is 79.9. The Labute approximate surface area is 85.4 Å². The molecule has 0 atom stereocenters. The lowest BCUT2D eigenvalue weighted by Crippen LogP contribution is -1.95. The average molecular weight is 241 g/mol. The molecule has 1 rings (SSSR count). The highest BCUT2D eigenvalue weighted by Gasteiger charge is 1.99. The molecule has 0 aliphatic carbocycles. The van der Waals surface area contributed by atoms with E-state index in [4.69, 9.17) is 10.5 Å². The smallest absolute Gasteiger partial charge is 0.166 e. The van der Waals surface area contributed by atoms with Gasteiger partial charge in [-0.3, -0.25) is 0 Å². The van der Waals surface area contributed by atoms with Gasteiger partial charge >= 0.3 is 0 Å². The van der Waals surface area contributed by atoms with Gasteiger partial charge in [0.15, 0.2) is 11.6 Å². The number of ether oxygens (including phenoxy) is 1. The number of aromatic nitrogens is 1. The van der Waals surface area contributed by atoms with Crippen LogP contribution in [0.3, 0.4) is 0 Å². The van der Waals surface area contributed by atoms with Crippen molar-refractivity contribution in [2.24, 2.45) is 0 Å². The summed E-state index contributed by atoms with van der Waals surface area (Å²) >= 11 is 3.21. The van der Waals surface area contributed by atoms with Gasteiger partial charge in [-0.05, 0) is 0 Å². The van der Waals surface area contributed by atoms with Crippen LogP contribution in [0, 0.1) is 11.8 Å². The van der Waals surface area contributed by atoms with Gasteiger partial charge in [0, 0.05) is 17.8 Å². The summed E-state index contributed by atoms with van der Waals surface area (Å²) in [6, 6.07) is 1.76. The van der Waals surface area contributed by atoms with Crippen LogP contribution in [0.15, 0.2) is 12.3 Å². The maximum Gasteiger partial charge on any atom is 0.166 e. The normalized spacial score (nSPS) is 8.77. The molecule has 0 bridgehead atoms. The van der Waals surface area contributed by atoms with Gasteiger partial charge < -0.3 is 10.5 Å². The molecule has 0 spiro atoms. The first-order chi connectivity index (χ1) is 6.27. The fraction of sp³-hybridized carbons (Fsp3) is 0.222. The molecule has 2 N–H and O–H groups in total. The van der Waals surface area contributed by atoms with E-state index in [2.05, 4.69) is 32.8 Å². The largest absolute Gasteiger partial charge is 0.493 e. The molecule has 0 aliphatic rings. The Bertz CT molecular complexity index is 354. The molecule has 0 aliphatic heterocycles. The van der Waals surface area contributed by atoms with E-state index >= 15 is 0 Å². The average Bonchev–Trinajstić information content (AvgIpc) is 2.16. The first kappa shape index (κ1) is 9.87. The summed E-state index contributed by atoms with van der Waals surface area (Å²) in [5.74, 6) is 6.71. The van der Waals surface area contributed by atoms with Crippen molar-refractivity contribution in [2.75, 3.05) is 18.2 Å². The predicted molar refractivity (Wildman–Crippen MR) is 55.9 cm³/mol. The molecule has 1 heterocycles. The fourth-order valence-corrected chi connectivity index (χ4v) is 0.963. The molecule has 13 heavy (non-hydrogen) atoms. The molecule has 0 radical (unpaired) electrons. The highest BCUT2D eigenvalue weighted by molar-refractivity contribution is 9.09. The van der Waals surface area contributed by atoms with Crippen LogP contribution in [0.1, 0.15) is 5.56 Å². The summed E-state index contributed by atoms with van der Waals surface area (Å²) in [5, 5.41) is 0.639. The summed E-state index contributed by atoms with van der Waals surface area (Å²) < 4.78 is 5.00. The van der Waals surface area contributed by atoms with E-state index in [1.807, 2.05) is 0 Å². The van der Waals surface area contributed by atoms with Crippen molar-refractivity contribution in [1.82, 2.24) is 4.98 Å². The van der Waals surface area contributed by atoms with Gasteiger partial charge in [0.1, 0.15) is 0 Å². The number of nitrogens with two attached hydrogens (primary N) is 1. The Balaban J connectivity index is 2.99. The first-order valence-electron chi connectivity index (χ1n) is 3.62. The second kappa shape index (κ2) is 4.73. The molecule has 3 nitrogen and oxygen atoms in total. The second-order valence-corrected chi connectivity index (χ2v) is 2.81. The predicted octanol–water partition coefficient (Wildman–Crippen LogP) is 1.42. The Morgan fingerprint density at radius 1 is 1.69 bits per heavy atom. The first-order valence-corrected chi connectivity index (χ1v) is 4.74. The topological polar surface area (TPSA) is 48.1 Å². The monoisotopic (exact) mass is 240 g/mol. The van der Waals surface area contributed by atoms with Crippen LogP contribution in [0.2, 0.25) is 0 Å². The zero-order valence-corrected chi connectivity index (χ0v) is 8.76. The molecule has 0 unspecified atom stereocenters. The lowest BCUT2D eigenvalue weighted by molar-refractivity contribution is 0.415. The van der Waals surface area contributed by atoms with E-state index in [0.717, 1.165) is 5.56 Å². The number of methoxy groups -OCH3 is 1. The van der Waals surface area contributed by atoms with Crippen molar-refractivity contribution < 1.29 is 4.74 Å². The van der Waals surface area contributed by atoms with Crippen molar-refractivity contribution in [3.8, 4) is 17.6 Å². The zero-order valence-electron chi connectivity index (χ0n) is 7.17. The summed E-state index contributed by atoms with van der Waals surface area (Å²) in [5.41, 5.74) is 6.33. The third-order valence-electron chi connectivity index (χ3n) is 1.40. The van der Waals surface area contributed by atoms with Crippen molar-refractivity contribution >= 4 is 21.7 Å². The number of hydrogen-bond donors (Lipinski definition) is 1. The van der Waals surface area contributed by atoms with Crippen LogP contribution in [0.25, 0.3) is 0 Å². The van der Waals surface area contributed by atoms with Crippen molar-refractivity contribution in [3.63, 3.8) is 0 Å². The van der Waals surface area contributed by atoms with Crippen LogP contribution >= 0.6 is 15.9 Å². The van der Waals surface area contributed by atoms with Gasteiger partial charge in [0.25, 0.3) is 0 Å². The van der Waals surface area contributed by atoms with E-state index in [9.17, 15) is 0 Å². The van der Waals surface area contributed by atoms with Crippen molar-refractivity contribution in [3.05, 3.63) is 17.8 Å². The van der Waals surface area contributed by atoms with Crippen LogP contribution in [0.5, 0.6) is 5.75 Å². The van der Waals surface area contributed by atoms with E-state index in [-0.39, 0.29) is 0 Å². The zero-order chi connectivity index (χ0) is 9.68. The number of alkyl halides is 1. The Hall–Kier alpha value is -1.21. The van der Waals surface area contributed by atoms with Gasteiger partial charge in [-0.25, -0.2) is 4.98 Å². The fourth-order valence-electron chi connectivity index (χ4n) is 0.822. The van der Waals surface area contributed by atoms with E-state index < -0.39 is 0 Å². The Kier molecular flexibility index (Phi) is 3.59. The van der Waals surface area contributed by atoms with Crippen LogP contribution in [-0.2, 0) is 0 Å². The molecule has 0 amide bonds. The van der Waals surface area contributed by atoms with Crippen molar-refractivity contribution in [2.45, 2.75) is 0 Å². The number of nitrogen functional groups attached to an aromatic ring is 1. The molecule has 1 aromatic rings.